The number of aryl methyl sites for hydroxylation is 1. The van der Waals surface area contributed by atoms with Gasteiger partial charge in [-0.15, -0.1) is 0 Å². The van der Waals surface area contributed by atoms with E-state index in [1.807, 2.05) is 24.9 Å². The minimum atomic E-state index is -0.335. The van der Waals surface area contributed by atoms with Gasteiger partial charge in [0, 0.05) is 44.0 Å². The summed E-state index contributed by atoms with van der Waals surface area (Å²) in [7, 11) is 0. The van der Waals surface area contributed by atoms with Crippen molar-refractivity contribution >= 4 is 5.91 Å². The number of fused-ring (bicyclic) bond motifs is 1. The number of likely N-dealkylation sites (tertiary alicyclic amines) is 1. The Kier molecular flexibility index (Phi) is 4.81. The van der Waals surface area contributed by atoms with Crippen LogP contribution in [0.1, 0.15) is 57.0 Å². The van der Waals surface area contributed by atoms with Gasteiger partial charge in [0.2, 0.25) is 0 Å². The van der Waals surface area contributed by atoms with Crippen molar-refractivity contribution in [1.82, 2.24) is 14.5 Å². The van der Waals surface area contributed by atoms with Crippen LogP contribution in [0.4, 0.5) is 0 Å². The topological polar surface area (TPSA) is 47.4 Å². The van der Waals surface area contributed by atoms with Gasteiger partial charge in [-0.1, -0.05) is 0 Å². The summed E-state index contributed by atoms with van der Waals surface area (Å²) in [5, 5.41) is 0. The molecule has 122 valence electrons. The smallest absolute Gasteiger partial charge is 0.251 e. The fraction of sp³-hybridized carbons (Fsp3) is 0.765. The third-order valence-corrected chi connectivity index (χ3v) is 4.90. The Morgan fingerprint density at radius 3 is 3.09 bits per heavy atom. The molecular weight excluding hydrogens is 278 g/mol. The largest absolute Gasteiger partial charge is 0.369 e. The molecule has 5 heteroatoms. The summed E-state index contributed by atoms with van der Waals surface area (Å²) >= 11 is 0. The van der Waals surface area contributed by atoms with E-state index in [9.17, 15) is 4.79 Å². The van der Waals surface area contributed by atoms with E-state index in [0.29, 0.717) is 12.5 Å². The number of imidazole rings is 1. The van der Waals surface area contributed by atoms with Crippen molar-refractivity contribution in [3.8, 4) is 0 Å². The highest BCUT2D eigenvalue weighted by Gasteiger charge is 2.30. The number of carbonyl (C=O) groups excluding carboxylic acids is 1. The van der Waals surface area contributed by atoms with Crippen LogP contribution in [-0.2, 0) is 22.5 Å². The number of carbonyl (C=O) groups is 1. The van der Waals surface area contributed by atoms with Crippen molar-refractivity contribution in [1.29, 1.82) is 0 Å². The molecule has 22 heavy (non-hydrogen) atoms. The molecule has 2 aliphatic heterocycles. The van der Waals surface area contributed by atoms with Gasteiger partial charge < -0.3 is 14.2 Å². The lowest BCUT2D eigenvalue weighted by atomic mass is 9.96. The average molecular weight is 305 g/mol. The first-order valence-electron chi connectivity index (χ1n) is 8.65. The molecule has 5 nitrogen and oxygen atoms in total. The Balaban J connectivity index is 1.70. The van der Waals surface area contributed by atoms with Gasteiger partial charge in [-0.3, -0.25) is 4.79 Å². The van der Waals surface area contributed by atoms with E-state index < -0.39 is 0 Å². The van der Waals surface area contributed by atoms with Gasteiger partial charge in [-0.05, 0) is 46.0 Å². The summed E-state index contributed by atoms with van der Waals surface area (Å²) in [4.78, 5) is 19.1. The van der Waals surface area contributed by atoms with Crippen LogP contribution in [0.5, 0.6) is 0 Å². The number of nitrogens with zero attached hydrogens (tertiary/aromatic N) is 3. The van der Waals surface area contributed by atoms with Gasteiger partial charge in [-0.2, -0.15) is 0 Å². The number of rotatable bonds is 4. The van der Waals surface area contributed by atoms with Crippen molar-refractivity contribution in [3.05, 3.63) is 17.7 Å². The van der Waals surface area contributed by atoms with Crippen LogP contribution >= 0.6 is 0 Å². The molecule has 0 saturated carbocycles. The normalized spacial score (nSPS) is 23.2. The van der Waals surface area contributed by atoms with Gasteiger partial charge in [-0.25, -0.2) is 4.98 Å². The lowest BCUT2D eigenvalue weighted by molar-refractivity contribution is -0.143. The van der Waals surface area contributed by atoms with Crippen LogP contribution in [0.15, 0.2) is 6.20 Å². The molecule has 1 fully saturated rings. The first kappa shape index (κ1) is 15.5. The van der Waals surface area contributed by atoms with Crippen molar-refractivity contribution in [2.75, 3.05) is 19.7 Å². The van der Waals surface area contributed by atoms with E-state index in [1.165, 1.54) is 24.4 Å². The molecule has 3 heterocycles. The fourth-order valence-electron chi connectivity index (χ4n) is 3.75. The summed E-state index contributed by atoms with van der Waals surface area (Å²) in [5.41, 5.74) is 1.37. The van der Waals surface area contributed by atoms with E-state index in [4.69, 9.17) is 9.72 Å². The zero-order valence-electron chi connectivity index (χ0n) is 13.8. The molecule has 2 atom stereocenters. The molecule has 0 unspecified atom stereocenters. The van der Waals surface area contributed by atoms with Gasteiger partial charge in [0.1, 0.15) is 11.9 Å². The van der Waals surface area contributed by atoms with Crippen molar-refractivity contribution in [2.24, 2.45) is 0 Å². The summed E-state index contributed by atoms with van der Waals surface area (Å²) in [5.74, 6) is 1.69. The van der Waals surface area contributed by atoms with E-state index in [2.05, 4.69) is 4.57 Å². The SMILES string of the molecule is CCO[C@@H](C)C(=O)N1CCC[C@H](c2ncc3n2CCCC3)C1. The Bertz CT molecular complexity index is 526. The van der Waals surface area contributed by atoms with E-state index >= 15 is 0 Å². The predicted octanol–water partition coefficient (Wildman–Crippen LogP) is 2.35. The van der Waals surface area contributed by atoms with Crippen LogP contribution in [-0.4, -0.2) is 46.2 Å². The molecule has 0 aromatic carbocycles. The highest BCUT2D eigenvalue weighted by molar-refractivity contribution is 5.80. The van der Waals surface area contributed by atoms with E-state index in [1.54, 1.807) is 0 Å². The van der Waals surface area contributed by atoms with E-state index in [-0.39, 0.29) is 12.0 Å². The van der Waals surface area contributed by atoms with Crippen LogP contribution in [0, 0.1) is 0 Å². The highest BCUT2D eigenvalue weighted by atomic mass is 16.5. The summed E-state index contributed by atoms with van der Waals surface area (Å²) in [6.07, 6.45) is 7.54. The quantitative estimate of drug-likeness (QED) is 0.858. The third-order valence-electron chi connectivity index (χ3n) is 4.90. The first-order valence-corrected chi connectivity index (χ1v) is 8.65. The molecule has 0 radical (unpaired) electrons. The molecular formula is C17H27N3O2. The van der Waals surface area contributed by atoms with E-state index in [0.717, 1.165) is 38.9 Å². The molecule has 2 aliphatic rings. The second-order valence-corrected chi connectivity index (χ2v) is 6.44. The Morgan fingerprint density at radius 2 is 2.27 bits per heavy atom. The number of hydrogen-bond acceptors (Lipinski definition) is 3. The summed E-state index contributed by atoms with van der Waals surface area (Å²) in [6.45, 7) is 7.09. The lowest BCUT2D eigenvalue weighted by Crippen LogP contribution is -2.44. The number of hydrogen-bond donors (Lipinski definition) is 0. The number of ether oxygens (including phenoxy) is 1. The Morgan fingerprint density at radius 1 is 1.41 bits per heavy atom. The van der Waals surface area contributed by atoms with Gasteiger partial charge >= 0.3 is 0 Å². The first-order chi connectivity index (χ1) is 10.7. The molecule has 3 rings (SSSR count). The maximum absolute atomic E-state index is 12.5. The monoisotopic (exact) mass is 305 g/mol. The fourth-order valence-corrected chi connectivity index (χ4v) is 3.75. The maximum atomic E-state index is 12.5. The molecule has 1 aromatic rings. The summed E-state index contributed by atoms with van der Waals surface area (Å²) in [6, 6.07) is 0. The second-order valence-electron chi connectivity index (χ2n) is 6.44. The third kappa shape index (κ3) is 3.05. The molecule has 1 saturated heterocycles. The van der Waals surface area contributed by atoms with Crippen LogP contribution < -0.4 is 0 Å². The van der Waals surface area contributed by atoms with Gasteiger partial charge in [0.25, 0.3) is 5.91 Å². The maximum Gasteiger partial charge on any atom is 0.251 e. The molecule has 0 N–H and O–H groups in total. The summed E-state index contributed by atoms with van der Waals surface area (Å²) < 4.78 is 7.86. The van der Waals surface area contributed by atoms with Crippen molar-refractivity contribution < 1.29 is 9.53 Å². The molecule has 1 amide bonds. The van der Waals surface area contributed by atoms with Gasteiger partial charge in [0.05, 0.1) is 0 Å². The minimum Gasteiger partial charge on any atom is -0.369 e. The number of piperidine rings is 1. The molecule has 0 aliphatic carbocycles. The Labute approximate surface area is 132 Å². The molecule has 0 bridgehead atoms. The zero-order chi connectivity index (χ0) is 15.5. The molecule has 0 spiro atoms. The van der Waals surface area contributed by atoms with Gasteiger partial charge in [0.15, 0.2) is 0 Å². The Hall–Kier alpha value is -1.36. The second kappa shape index (κ2) is 6.82. The van der Waals surface area contributed by atoms with Crippen LogP contribution in [0.3, 0.4) is 0 Å². The standard InChI is InChI=1S/C17H27N3O2/c1-3-22-13(2)17(21)19-9-6-7-14(12-19)16-18-11-15-8-4-5-10-20(15)16/h11,13-14H,3-10,12H2,1-2H3/t13-,14-/m0/s1. The van der Waals surface area contributed by atoms with Crippen molar-refractivity contribution in [2.45, 2.75) is 64.5 Å². The predicted molar refractivity (Wildman–Crippen MR) is 84.8 cm³/mol. The van der Waals surface area contributed by atoms with Crippen LogP contribution in [0.25, 0.3) is 0 Å². The zero-order valence-corrected chi connectivity index (χ0v) is 13.8. The average Bonchev–Trinajstić information content (AvgIpc) is 2.98. The number of amides is 1. The molecule has 1 aromatic heterocycles. The van der Waals surface area contributed by atoms with Crippen LogP contribution in [0.2, 0.25) is 0 Å². The highest BCUT2D eigenvalue weighted by Crippen LogP contribution is 2.29. The minimum absolute atomic E-state index is 0.122. The lowest BCUT2D eigenvalue weighted by Gasteiger charge is -2.34. The van der Waals surface area contributed by atoms with Crippen molar-refractivity contribution in [3.63, 3.8) is 0 Å². The number of aromatic nitrogens is 2.